The molecule has 0 aromatic carbocycles. The summed E-state index contributed by atoms with van der Waals surface area (Å²) < 4.78 is 0. The molecule has 0 aliphatic heterocycles. The van der Waals surface area contributed by atoms with Gasteiger partial charge >= 0.3 is 5.97 Å². The normalized spacial score (nSPS) is 10.0. The van der Waals surface area contributed by atoms with Gasteiger partial charge in [0.05, 0.1) is 6.42 Å². The summed E-state index contributed by atoms with van der Waals surface area (Å²) in [5, 5.41) is 7.75. The van der Waals surface area contributed by atoms with Crippen molar-refractivity contribution in [3.8, 4) is 0 Å². The maximum atomic E-state index is 10.2. The first-order valence-electron chi connectivity index (χ1n) is 2.80. The van der Waals surface area contributed by atoms with Gasteiger partial charge in [0, 0.05) is 0 Å². The fourth-order valence-corrected chi connectivity index (χ4v) is 0.383. The van der Waals surface area contributed by atoms with E-state index in [0.29, 0.717) is 0 Å². The maximum absolute atomic E-state index is 10.2. The van der Waals surface area contributed by atoms with E-state index in [9.17, 15) is 4.79 Å². The lowest BCUT2D eigenvalue weighted by Crippen LogP contribution is -1.97. The summed E-state index contributed by atoms with van der Waals surface area (Å²) in [6.45, 7) is 1.96. The summed E-state index contributed by atoms with van der Waals surface area (Å²) in [4.78, 5) is 13.6. The predicted molar refractivity (Wildman–Crippen MR) is 32.8 cm³/mol. The Morgan fingerprint density at radius 2 is 2.33 bits per heavy atom. The Kier molecular flexibility index (Phi) is 4.82. The number of rotatable bonds is 3. The molecule has 0 heterocycles. The number of carbonyl (C=O) groups is 1. The van der Waals surface area contributed by atoms with Crippen LogP contribution in [0.1, 0.15) is 19.8 Å². The van der Waals surface area contributed by atoms with Crippen LogP contribution in [0.5, 0.6) is 0 Å². The molecular formula is C6H10O3. The largest absolute Gasteiger partial charge is 0.345 e. The molecule has 0 radical (unpaired) electrons. The third kappa shape index (κ3) is 5.03. The summed E-state index contributed by atoms with van der Waals surface area (Å²) in [6, 6.07) is 0. The SMILES string of the molecule is CCC=CCC(=O)OO. The molecule has 3 nitrogen and oxygen atoms in total. The third-order valence-electron chi connectivity index (χ3n) is 0.789. The van der Waals surface area contributed by atoms with E-state index in [2.05, 4.69) is 4.89 Å². The van der Waals surface area contributed by atoms with Crippen LogP contribution >= 0.6 is 0 Å². The van der Waals surface area contributed by atoms with Gasteiger partial charge in [0.15, 0.2) is 0 Å². The molecule has 0 aromatic heterocycles. The van der Waals surface area contributed by atoms with Gasteiger partial charge in [0.2, 0.25) is 0 Å². The van der Waals surface area contributed by atoms with Gasteiger partial charge in [-0.05, 0) is 6.42 Å². The maximum Gasteiger partial charge on any atom is 0.345 e. The fourth-order valence-electron chi connectivity index (χ4n) is 0.383. The Labute approximate surface area is 53.9 Å². The molecule has 0 atom stereocenters. The topological polar surface area (TPSA) is 46.5 Å². The van der Waals surface area contributed by atoms with Crippen LogP contribution in [-0.4, -0.2) is 11.2 Å². The fraction of sp³-hybridized carbons (Fsp3) is 0.500. The molecule has 3 heteroatoms. The van der Waals surface area contributed by atoms with Crippen molar-refractivity contribution < 1.29 is 14.9 Å². The molecule has 9 heavy (non-hydrogen) atoms. The van der Waals surface area contributed by atoms with Gasteiger partial charge in [-0.2, -0.15) is 5.26 Å². The Bertz CT molecular complexity index is 107. The quantitative estimate of drug-likeness (QED) is 0.356. The molecule has 0 saturated heterocycles. The molecule has 0 spiro atoms. The van der Waals surface area contributed by atoms with E-state index in [1.165, 1.54) is 0 Å². The standard InChI is InChI=1S/C6H10O3/c1-2-3-4-5-6(7)9-8/h3-4,8H,2,5H2,1H3. The lowest BCUT2D eigenvalue weighted by molar-refractivity contribution is -0.233. The van der Waals surface area contributed by atoms with E-state index >= 15 is 0 Å². The van der Waals surface area contributed by atoms with Crippen LogP contribution in [0, 0.1) is 0 Å². The molecule has 0 bridgehead atoms. The Balaban J connectivity index is 3.26. The van der Waals surface area contributed by atoms with Gasteiger partial charge in [0.1, 0.15) is 0 Å². The number of allylic oxidation sites excluding steroid dienone is 1. The van der Waals surface area contributed by atoms with Crippen LogP contribution in [0.4, 0.5) is 0 Å². The second-order valence-corrected chi connectivity index (χ2v) is 1.55. The second kappa shape index (κ2) is 5.31. The highest BCUT2D eigenvalue weighted by Crippen LogP contribution is 1.87. The monoisotopic (exact) mass is 130 g/mol. The Morgan fingerprint density at radius 1 is 1.67 bits per heavy atom. The highest BCUT2D eigenvalue weighted by molar-refractivity contribution is 5.70. The molecule has 0 aliphatic rings. The first kappa shape index (κ1) is 8.17. The van der Waals surface area contributed by atoms with Crippen molar-refractivity contribution in [1.29, 1.82) is 0 Å². The van der Waals surface area contributed by atoms with E-state index in [-0.39, 0.29) is 6.42 Å². The molecule has 52 valence electrons. The van der Waals surface area contributed by atoms with Gasteiger partial charge in [-0.25, -0.2) is 4.79 Å². The van der Waals surface area contributed by atoms with Crippen LogP contribution in [0.3, 0.4) is 0 Å². The van der Waals surface area contributed by atoms with Crippen molar-refractivity contribution in [2.75, 3.05) is 0 Å². The van der Waals surface area contributed by atoms with E-state index in [4.69, 9.17) is 5.26 Å². The molecule has 0 amide bonds. The lowest BCUT2D eigenvalue weighted by Gasteiger charge is -1.87. The molecule has 0 aliphatic carbocycles. The Hall–Kier alpha value is -0.830. The highest BCUT2D eigenvalue weighted by atomic mass is 17.1. The average molecular weight is 130 g/mol. The van der Waals surface area contributed by atoms with Crippen LogP contribution in [0.15, 0.2) is 12.2 Å². The van der Waals surface area contributed by atoms with Gasteiger partial charge < -0.3 is 4.89 Å². The second-order valence-electron chi connectivity index (χ2n) is 1.55. The molecule has 0 rings (SSSR count). The van der Waals surface area contributed by atoms with Gasteiger partial charge in [-0.1, -0.05) is 19.1 Å². The van der Waals surface area contributed by atoms with Gasteiger partial charge in [-0.3, -0.25) is 0 Å². The van der Waals surface area contributed by atoms with E-state index in [1.807, 2.05) is 13.0 Å². The summed E-state index contributed by atoms with van der Waals surface area (Å²) in [6.07, 6.45) is 4.51. The first-order chi connectivity index (χ1) is 4.31. The number of hydrogen-bond acceptors (Lipinski definition) is 3. The van der Waals surface area contributed by atoms with Crippen molar-refractivity contribution >= 4 is 5.97 Å². The molecule has 0 saturated carbocycles. The van der Waals surface area contributed by atoms with Gasteiger partial charge in [-0.15, -0.1) is 0 Å². The molecular weight excluding hydrogens is 120 g/mol. The summed E-state index contributed by atoms with van der Waals surface area (Å²) >= 11 is 0. The average Bonchev–Trinajstić information content (AvgIpc) is 1.89. The molecule has 1 N–H and O–H groups in total. The lowest BCUT2D eigenvalue weighted by atomic mass is 10.3. The molecule has 0 aromatic rings. The minimum Gasteiger partial charge on any atom is -0.301 e. The zero-order chi connectivity index (χ0) is 7.11. The Morgan fingerprint density at radius 3 is 2.78 bits per heavy atom. The van der Waals surface area contributed by atoms with Crippen LogP contribution in [0.25, 0.3) is 0 Å². The zero-order valence-electron chi connectivity index (χ0n) is 5.33. The highest BCUT2D eigenvalue weighted by Gasteiger charge is 1.94. The van der Waals surface area contributed by atoms with Gasteiger partial charge in [0.25, 0.3) is 0 Å². The van der Waals surface area contributed by atoms with E-state index in [1.54, 1.807) is 6.08 Å². The minimum absolute atomic E-state index is 0.143. The predicted octanol–water partition coefficient (Wildman–Crippen LogP) is 1.36. The van der Waals surface area contributed by atoms with Crippen LogP contribution in [0.2, 0.25) is 0 Å². The summed E-state index contributed by atoms with van der Waals surface area (Å²) in [5.41, 5.74) is 0. The zero-order valence-corrected chi connectivity index (χ0v) is 5.33. The third-order valence-corrected chi connectivity index (χ3v) is 0.789. The molecule has 0 unspecified atom stereocenters. The minimum atomic E-state index is -0.625. The summed E-state index contributed by atoms with van der Waals surface area (Å²) in [7, 11) is 0. The van der Waals surface area contributed by atoms with Crippen molar-refractivity contribution in [2.24, 2.45) is 0 Å². The van der Waals surface area contributed by atoms with Crippen molar-refractivity contribution in [2.45, 2.75) is 19.8 Å². The first-order valence-corrected chi connectivity index (χ1v) is 2.80. The smallest absolute Gasteiger partial charge is 0.301 e. The van der Waals surface area contributed by atoms with E-state index < -0.39 is 5.97 Å². The van der Waals surface area contributed by atoms with Crippen LogP contribution < -0.4 is 0 Å². The summed E-state index contributed by atoms with van der Waals surface area (Å²) in [5.74, 6) is -0.625. The van der Waals surface area contributed by atoms with E-state index in [0.717, 1.165) is 6.42 Å². The number of carbonyl (C=O) groups excluding carboxylic acids is 1. The van der Waals surface area contributed by atoms with Crippen LogP contribution in [-0.2, 0) is 9.68 Å². The van der Waals surface area contributed by atoms with Crippen molar-refractivity contribution in [1.82, 2.24) is 0 Å². The van der Waals surface area contributed by atoms with Crippen molar-refractivity contribution in [3.05, 3.63) is 12.2 Å². The van der Waals surface area contributed by atoms with Crippen molar-refractivity contribution in [3.63, 3.8) is 0 Å². The number of hydrogen-bond donors (Lipinski definition) is 1. The molecule has 0 fully saturated rings.